The number of rotatable bonds is 2. The van der Waals surface area contributed by atoms with Gasteiger partial charge in [-0.1, -0.05) is 23.9 Å². The number of hydrogen-bond donors (Lipinski definition) is 1. The Bertz CT molecular complexity index is 379. The monoisotopic (exact) mass is 205 g/mol. The van der Waals surface area contributed by atoms with E-state index in [-0.39, 0.29) is 0 Å². The predicted molar refractivity (Wildman–Crippen MR) is 59.2 cm³/mol. The highest BCUT2D eigenvalue weighted by Gasteiger charge is 1.98. The molecule has 1 aromatic rings. The third-order valence-electron chi connectivity index (χ3n) is 1.62. The van der Waals surface area contributed by atoms with Gasteiger partial charge in [-0.05, 0) is 17.7 Å². The molecule has 1 aromatic carbocycles. The van der Waals surface area contributed by atoms with Gasteiger partial charge in [-0.15, -0.1) is 0 Å². The summed E-state index contributed by atoms with van der Waals surface area (Å²) in [6, 6.07) is 9.84. The van der Waals surface area contributed by atoms with Gasteiger partial charge in [-0.25, -0.2) is 0 Å². The summed E-state index contributed by atoms with van der Waals surface area (Å²) in [5, 5.41) is 9.06. The van der Waals surface area contributed by atoms with Crippen LogP contribution < -0.4 is 5.73 Å². The van der Waals surface area contributed by atoms with Crippen molar-refractivity contribution in [3.63, 3.8) is 0 Å². The number of hydrogen-bond acceptors (Lipinski definition) is 3. The van der Waals surface area contributed by atoms with Crippen LogP contribution in [0.4, 0.5) is 0 Å². The van der Waals surface area contributed by atoms with Gasteiger partial charge in [0.2, 0.25) is 0 Å². The van der Waals surface area contributed by atoms with Gasteiger partial charge in [-0.3, -0.25) is 4.99 Å². The Morgan fingerprint density at radius 1 is 1.64 bits per heavy atom. The van der Waals surface area contributed by atoms with E-state index in [1.54, 1.807) is 7.05 Å². The molecule has 1 rings (SSSR count). The predicted octanol–water partition coefficient (Wildman–Crippen LogP) is 1.79. The molecule has 0 heterocycles. The first-order valence-corrected chi connectivity index (χ1v) is 4.94. The lowest BCUT2D eigenvalue weighted by Gasteiger charge is -2.01. The highest BCUT2D eigenvalue weighted by Crippen LogP contribution is 2.18. The van der Waals surface area contributed by atoms with Crippen LogP contribution >= 0.6 is 11.8 Å². The Labute approximate surface area is 87.6 Å². The van der Waals surface area contributed by atoms with E-state index in [0.29, 0.717) is 11.6 Å². The van der Waals surface area contributed by atoms with Crippen molar-refractivity contribution in [2.24, 2.45) is 10.7 Å². The van der Waals surface area contributed by atoms with Crippen molar-refractivity contribution >= 4 is 16.9 Å². The lowest BCUT2D eigenvalue weighted by Crippen LogP contribution is -2.05. The van der Waals surface area contributed by atoms with E-state index in [4.69, 9.17) is 11.0 Å². The van der Waals surface area contributed by atoms with Crippen molar-refractivity contribution in [3.8, 4) is 6.07 Å². The van der Waals surface area contributed by atoms with E-state index >= 15 is 0 Å². The van der Waals surface area contributed by atoms with Gasteiger partial charge in [-0.2, -0.15) is 5.26 Å². The van der Waals surface area contributed by atoms with Crippen LogP contribution in [0.3, 0.4) is 0 Å². The van der Waals surface area contributed by atoms with Crippen LogP contribution in [-0.4, -0.2) is 12.2 Å². The average molecular weight is 205 g/mol. The molecule has 2 N–H and O–H groups in total. The molecule has 0 aliphatic rings. The number of nitrogens with zero attached hydrogens (tertiary/aromatic N) is 2. The Hall–Kier alpha value is -1.47. The molecule has 72 valence electrons. The Morgan fingerprint density at radius 2 is 2.43 bits per heavy atom. The maximum atomic E-state index is 8.53. The molecule has 3 nitrogen and oxygen atoms in total. The minimum atomic E-state index is 0.428. The van der Waals surface area contributed by atoms with E-state index < -0.39 is 0 Å². The van der Waals surface area contributed by atoms with Crippen LogP contribution in [-0.2, 0) is 6.42 Å². The molecule has 0 spiro atoms. The highest BCUT2D eigenvalue weighted by atomic mass is 32.2. The average Bonchev–Trinajstić information content (AvgIpc) is 2.19. The summed E-state index contributed by atoms with van der Waals surface area (Å²) in [7, 11) is 1.65. The molecule has 0 aliphatic carbocycles. The van der Waals surface area contributed by atoms with E-state index in [0.717, 1.165) is 10.5 Å². The molecule has 0 aromatic heterocycles. The second kappa shape index (κ2) is 5.30. The fourth-order valence-electron chi connectivity index (χ4n) is 0.977. The molecule has 0 amide bonds. The minimum Gasteiger partial charge on any atom is -0.378 e. The second-order valence-corrected chi connectivity index (χ2v) is 3.74. The quantitative estimate of drug-likeness (QED) is 0.455. The molecule has 0 fully saturated rings. The molecular formula is C10H11N3S. The van der Waals surface area contributed by atoms with Gasteiger partial charge < -0.3 is 5.73 Å². The molecule has 0 bridgehead atoms. The third-order valence-corrected chi connectivity index (χ3v) is 2.51. The van der Waals surface area contributed by atoms with Crippen molar-refractivity contribution in [2.75, 3.05) is 7.05 Å². The number of thioether (sulfide) groups is 1. The molecule has 0 saturated heterocycles. The van der Waals surface area contributed by atoms with Crippen LogP contribution in [0.2, 0.25) is 0 Å². The van der Waals surface area contributed by atoms with Gasteiger partial charge in [0, 0.05) is 11.9 Å². The fraction of sp³-hybridized carbons (Fsp3) is 0.200. The lowest BCUT2D eigenvalue weighted by atomic mass is 10.2. The summed E-state index contributed by atoms with van der Waals surface area (Å²) < 4.78 is 0. The fourth-order valence-corrected chi connectivity index (χ4v) is 1.67. The molecule has 0 unspecified atom stereocenters. The third kappa shape index (κ3) is 3.11. The molecule has 4 heteroatoms. The zero-order valence-electron chi connectivity index (χ0n) is 7.90. The zero-order valence-corrected chi connectivity index (χ0v) is 8.71. The topological polar surface area (TPSA) is 62.2 Å². The first kappa shape index (κ1) is 10.6. The number of benzene rings is 1. The van der Waals surface area contributed by atoms with Crippen molar-refractivity contribution in [1.82, 2.24) is 0 Å². The summed E-state index contributed by atoms with van der Waals surface area (Å²) in [5.41, 5.74) is 6.58. The van der Waals surface area contributed by atoms with E-state index in [9.17, 15) is 0 Å². The number of nitrogens with two attached hydrogens (primary N) is 1. The Morgan fingerprint density at radius 3 is 3.07 bits per heavy atom. The summed E-state index contributed by atoms with van der Waals surface area (Å²) in [6.07, 6.45) is 0.428. The highest BCUT2D eigenvalue weighted by molar-refractivity contribution is 8.13. The number of aliphatic imine (C=N–C) groups is 1. The van der Waals surface area contributed by atoms with E-state index in [1.165, 1.54) is 11.8 Å². The van der Waals surface area contributed by atoms with Gasteiger partial charge in [0.05, 0.1) is 12.5 Å². The number of amidine groups is 1. The van der Waals surface area contributed by atoms with Crippen molar-refractivity contribution in [1.29, 1.82) is 5.26 Å². The first-order chi connectivity index (χ1) is 6.76. The summed E-state index contributed by atoms with van der Waals surface area (Å²) >= 11 is 1.40. The van der Waals surface area contributed by atoms with Gasteiger partial charge in [0.1, 0.15) is 0 Å². The summed E-state index contributed by atoms with van der Waals surface area (Å²) in [4.78, 5) is 4.87. The molecule has 0 aliphatic heterocycles. The van der Waals surface area contributed by atoms with Crippen LogP contribution in [0.25, 0.3) is 0 Å². The van der Waals surface area contributed by atoms with E-state index in [1.807, 2.05) is 24.3 Å². The normalized spacial score (nSPS) is 11.0. The van der Waals surface area contributed by atoms with Gasteiger partial charge in [0.15, 0.2) is 5.17 Å². The van der Waals surface area contributed by atoms with Crippen molar-refractivity contribution in [2.45, 2.75) is 11.3 Å². The van der Waals surface area contributed by atoms with Crippen molar-refractivity contribution < 1.29 is 0 Å². The first-order valence-electron chi connectivity index (χ1n) is 4.12. The smallest absolute Gasteiger partial charge is 0.158 e. The lowest BCUT2D eigenvalue weighted by molar-refractivity contribution is 1.23. The molecular weight excluding hydrogens is 194 g/mol. The van der Waals surface area contributed by atoms with Crippen LogP contribution in [0.5, 0.6) is 0 Å². The molecule has 0 saturated carbocycles. The second-order valence-electron chi connectivity index (χ2n) is 2.65. The Kier molecular flexibility index (Phi) is 4.02. The molecule has 14 heavy (non-hydrogen) atoms. The standard InChI is InChI=1S/C10H11N3S/c1-13-10(12)14-9-4-2-3-8(7-9)5-6-11/h2-4,7H,5H2,1H3,(H2,12,13). The van der Waals surface area contributed by atoms with Gasteiger partial charge in [0.25, 0.3) is 0 Å². The maximum Gasteiger partial charge on any atom is 0.158 e. The minimum absolute atomic E-state index is 0.428. The zero-order chi connectivity index (χ0) is 10.4. The molecule has 0 radical (unpaired) electrons. The maximum absolute atomic E-state index is 8.53. The van der Waals surface area contributed by atoms with Crippen LogP contribution in [0, 0.1) is 11.3 Å². The summed E-state index contributed by atoms with van der Waals surface area (Å²) in [6.45, 7) is 0. The van der Waals surface area contributed by atoms with E-state index in [2.05, 4.69) is 11.1 Å². The SMILES string of the molecule is CN=C(N)Sc1cccc(CC#N)c1. The number of nitriles is 1. The van der Waals surface area contributed by atoms with Gasteiger partial charge >= 0.3 is 0 Å². The Balaban J connectivity index is 2.79. The summed E-state index contributed by atoms with van der Waals surface area (Å²) in [5.74, 6) is 0. The van der Waals surface area contributed by atoms with Crippen LogP contribution in [0.1, 0.15) is 5.56 Å². The largest absolute Gasteiger partial charge is 0.378 e. The molecule has 0 atom stereocenters. The van der Waals surface area contributed by atoms with Crippen LogP contribution in [0.15, 0.2) is 34.2 Å². The van der Waals surface area contributed by atoms with Crippen molar-refractivity contribution in [3.05, 3.63) is 29.8 Å².